The molecule has 0 aliphatic rings. The summed E-state index contributed by atoms with van der Waals surface area (Å²) in [5.74, 6) is 0.0629. The van der Waals surface area contributed by atoms with Crippen molar-refractivity contribution in [3.63, 3.8) is 0 Å². The number of hydrogen-bond acceptors (Lipinski definition) is 2. The van der Waals surface area contributed by atoms with Crippen molar-refractivity contribution in [2.45, 2.75) is 40.2 Å². The van der Waals surface area contributed by atoms with E-state index in [9.17, 15) is 4.79 Å². The van der Waals surface area contributed by atoms with Gasteiger partial charge in [0.05, 0.1) is 5.69 Å². The number of aryl methyl sites for hydroxylation is 2. The van der Waals surface area contributed by atoms with Crippen LogP contribution in [-0.4, -0.2) is 22.2 Å². The molecule has 0 saturated carbocycles. The van der Waals surface area contributed by atoms with Gasteiger partial charge in [-0.15, -0.1) is 6.58 Å². The zero-order chi connectivity index (χ0) is 12.8. The van der Waals surface area contributed by atoms with Gasteiger partial charge in [0.15, 0.2) is 0 Å². The first-order valence-corrected chi connectivity index (χ1v) is 6.00. The summed E-state index contributed by atoms with van der Waals surface area (Å²) in [5.41, 5.74) is 3.39. The summed E-state index contributed by atoms with van der Waals surface area (Å²) in [4.78, 5) is 11.5. The Morgan fingerprint density at radius 2 is 2.24 bits per heavy atom. The summed E-state index contributed by atoms with van der Waals surface area (Å²) >= 11 is 0. The highest BCUT2D eigenvalue weighted by Gasteiger charge is 2.11. The van der Waals surface area contributed by atoms with Crippen molar-refractivity contribution < 1.29 is 4.79 Å². The van der Waals surface area contributed by atoms with E-state index in [4.69, 9.17) is 0 Å². The van der Waals surface area contributed by atoms with Crippen molar-refractivity contribution in [2.24, 2.45) is 0 Å². The molecule has 1 aromatic rings. The van der Waals surface area contributed by atoms with E-state index in [1.54, 1.807) is 6.08 Å². The second-order valence-electron chi connectivity index (χ2n) is 4.06. The summed E-state index contributed by atoms with van der Waals surface area (Å²) in [7, 11) is 0. The van der Waals surface area contributed by atoms with Gasteiger partial charge in [-0.2, -0.15) is 5.10 Å². The molecule has 0 aliphatic heterocycles. The Hall–Kier alpha value is -1.58. The molecular formula is C13H21N3O. The van der Waals surface area contributed by atoms with Gasteiger partial charge in [-0.05, 0) is 32.8 Å². The Morgan fingerprint density at radius 3 is 2.76 bits per heavy atom. The lowest BCUT2D eigenvalue weighted by atomic mass is 10.1. The molecule has 1 amide bonds. The van der Waals surface area contributed by atoms with E-state index >= 15 is 0 Å². The highest BCUT2D eigenvalue weighted by Crippen LogP contribution is 2.14. The highest BCUT2D eigenvalue weighted by molar-refractivity contribution is 5.76. The van der Waals surface area contributed by atoms with E-state index in [1.807, 2.05) is 11.6 Å². The molecule has 94 valence electrons. The normalized spacial score (nSPS) is 10.3. The maximum atomic E-state index is 11.5. The first-order valence-electron chi connectivity index (χ1n) is 6.00. The average Bonchev–Trinajstić information content (AvgIpc) is 2.59. The van der Waals surface area contributed by atoms with Crippen LogP contribution in [-0.2, 0) is 17.8 Å². The fourth-order valence-electron chi connectivity index (χ4n) is 1.92. The topological polar surface area (TPSA) is 46.9 Å². The third kappa shape index (κ3) is 3.44. The third-order valence-corrected chi connectivity index (χ3v) is 2.88. The van der Waals surface area contributed by atoms with E-state index < -0.39 is 0 Å². The summed E-state index contributed by atoms with van der Waals surface area (Å²) in [6, 6.07) is 0. The molecule has 4 nitrogen and oxygen atoms in total. The maximum absolute atomic E-state index is 11.5. The third-order valence-electron chi connectivity index (χ3n) is 2.88. The van der Waals surface area contributed by atoms with Crippen LogP contribution in [0.1, 0.15) is 30.3 Å². The van der Waals surface area contributed by atoms with Crippen LogP contribution in [0.15, 0.2) is 12.7 Å². The summed E-state index contributed by atoms with van der Waals surface area (Å²) in [6.45, 7) is 11.1. The summed E-state index contributed by atoms with van der Waals surface area (Å²) in [6.07, 6.45) is 2.94. The number of nitrogens with one attached hydrogen (secondary N) is 1. The predicted octanol–water partition coefficient (Wildman–Crippen LogP) is 1.75. The smallest absolute Gasteiger partial charge is 0.220 e. The van der Waals surface area contributed by atoms with Crippen molar-refractivity contribution in [1.29, 1.82) is 0 Å². The lowest BCUT2D eigenvalue weighted by molar-refractivity contribution is -0.120. The van der Waals surface area contributed by atoms with E-state index in [1.165, 1.54) is 11.3 Å². The summed E-state index contributed by atoms with van der Waals surface area (Å²) < 4.78 is 1.98. The number of hydrogen-bond donors (Lipinski definition) is 1. The minimum atomic E-state index is 0.0629. The molecule has 0 bridgehead atoms. The number of aromatic nitrogens is 2. The molecule has 4 heteroatoms. The van der Waals surface area contributed by atoms with Crippen LogP contribution in [0.3, 0.4) is 0 Å². The first kappa shape index (κ1) is 13.5. The van der Waals surface area contributed by atoms with Gasteiger partial charge in [-0.3, -0.25) is 9.48 Å². The Bertz CT molecular complexity index is 407. The fourth-order valence-corrected chi connectivity index (χ4v) is 1.92. The van der Waals surface area contributed by atoms with Crippen molar-refractivity contribution >= 4 is 5.91 Å². The van der Waals surface area contributed by atoms with Gasteiger partial charge >= 0.3 is 0 Å². The quantitative estimate of drug-likeness (QED) is 0.764. The molecule has 1 heterocycles. The lowest BCUT2D eigenvalue weighted by Gasteiger charge is -2.04. The zero-order valence-electron chi connectivity index (χ0n) is 10.9. The van der Waals surface area contributed by atoms with Crippen LogP contribution < -0.4 is 5.32 Å². The maximum Gasteiger partial charge on any atom is 0.220 e. The second-order valence-corrected chi connectivity index (χ2v) is 4.06. The lowest BCUT2D eigenvalue weighted by Crippen LogP contribution is -2.23. The molecule has 0 unspecified atom stereocenters. The van der Waals surface area contributed by atoms with E-state index in [2.05, 4.69) is 30.8 Å². The van der Waals surface area contributed by atoms with Gasteiger partial charge in [0.2, 0.25) is 5.91 Å². The first-order chi connectivity index (χ1) is 8.10. The Kier molecular flexibility index (Phi) is 4.94. The average molecular weight is 235 g/mol. The van der Waals surface area contributed by atoms with Gasteiger partial charge in [0.25, 0.3) is 0 Å². The minimum Gasteiger partial charge on any atom is -0.353 e. The van der Waals surface area contributed by atoms with Crippen molar-refractivity contribution in [1.82, 2.24) is 15.1 Å². The van der Waals surface area contributed by atoms with Crippen LogP contribution in [0.4, 0.5) is 0 Å². The molecule has 17 heavy (non-hydrogen) atoms. The molecular weight excluding hydrogens is 214 g/mol. The van der Waals surface area contributed by atoms with Gasteiger partial charge in [0, 0.05) is 25.2 Å². The second kappa shape index (κ2) is 6.23. The monoisotopic (exact) mass is 235 g/mol. The number of carbonyl (C=O) groups is 1. The van der Waals surface area contributed by atoms with Crippen LogP contribution >= 0.6 is 0 Å². The molecule has 0 aromatic carbocycles. The van der Waals surface area contributed by atoms with Gasteiger partial charge in [-0.25, -0.2) is 0 Å². The van der Waals surface area contributed by atoms with Gasteiger partial charge in [-0.1, -0.05) is 6.08 Å². The summed E-state index contributed by atoms with van der Waals surface area (Å²) in [5, 5.41) is 7.22. The van der Waals surface area contributed by atoms with Crippen LogP contribution in [0, 0.1) is 13.8 Å². The molecule has 0 spiro atoms. The molecule has 1 rings (SSSR count). The van der Waals surface area contributed by atoms with Crippen LogP contribution in [0.2, 0.25) is 0 Å². The standard InChI is InChI=1S/C13H21N3O/c1-5-9-14-13(17)8-7-12-10(3)15-16(6-2)11(12)4/h5H,1,6-9H2,2-4H3,(H,14,17). The number of nitrogens with zero attached hydrogens (tertiary/aromatic N) is 2. The van der Waals surface area contributed by atoms with Crippen LogP contribution in [0.5, 0.6) is 0 Å². The predicted molar refractivity (Wildman–Crippen MR) is 68.9 cm³/mol. The van der Waals surface area contributed by atoms with Crippen LogP contribution in [0.25, 0.3) is 0 Å². The molecule has 1 aromatic heterocycles. The van der Waals surface area contributed by atoms with Crippen molar-refractivity contribution in [2.75, 3.05) is 6.54 Å². The van der Waals surface area contributed by atoms with Crippen molar-refractivity contribution in [3.05, 3.63) is 29.6 Å². The number of amides is 1. The molecule has 0 saturated heterocycles. The zero-order valence-corrected chi connectivity index (χ0v) is 10.9. The Morgan fingerprint density at radius 1 is 1.53 bits per heavy atom. The number of rotatable bonds is 6. The Balaban J connectivity index is 2.60. The largest absolute Gasteiger partial charge is 0.353 e. The minimum absolute atomic E-state index is 0.0629. The van der Waals surface area contributed by atoms with Gasteiger partial charge in [0.1, 0.15) is 0 Å². The molecule has 0 atom stereocenters. The highest BCUT2D eigenvalue weighted by atomic mass is 16.1. The molecule has 0 aliphatic carbocycles. The molecule has 1 N–H and O–H groups in total. The van der Waals surface area contributed by atoms with Gasteiger partial charge < -0.3 is 5.32 Å². The number of carbonyl (C=O) groups excluding carboxylic acids is 1. The molecule has 0 fully saturated rings. The molecule has 0 radical (unpaired) electrons. The fraction of sp³-hybridized carbons (Fsp3) is 0.538. The Labute approximate surface area is 103 Å². The SMILES string of the molecule is C=CCNC(=O)CCc1c(C)nn(CC)c1C. The van der Waals surface area contributed by atoms with E-state index in [0.29, 0.717) is 13.0 Å². The van der Waals surface area contributed by atoms with Crippen molar-refractivity contribution in [3.8, 4) is 0 Å². The van der Waals surface area contributed by atoms with E-state index in [0.717, 1.165) is 18.7 Å². The van der Waals surface area contributed by atoms with E-state index in [-0.39, 0.29) is 5.91 Å².